The fourth-order valence-electron chi connectivity index (χ4n) is 2.00. The second-order valence-corrected chi connectivity index (χ2v) is 6.86. The molecule has 0 fully saturated rings. The molecule has 0 aliphatic heterocycles. The van der Waals surface area contributed by atoms with Crippen LogP contribution in [0.2, 0.25) is 0 Å². The average molecular weight is 409 g/mol. The van der Waals surface area contributed by atoms with Gasteiger partial charge in [0, 0.05) is 10.2 Å². The maximum absolute atomic E-state index is 13.6. The van der Waals surface area contributed by atoms with E-state index in [4.69, 9.17) is 9.15 Å². The zero-order valence-electron chi connectivity index (χ0n) is 12.8. The van der Waals surface area contributed by atoms with Crippen LogP contribution in [0.3, 0.4) is 0 Å². The molecule has 1 atom stereocenters. The van der Waals surface area contributed by atoms with E-state index in [9.17, 15) is 4.39 Å². The van der Waals surface area contributed by atoms with Gasteiger partial charge in [0.2, 0.25) is 0 Å². The van der Waals surface area contributed by atoms with Crippen LogP contribution < -0.4 is 4.74 Å². The van der Waals surface area contributed by atoms with Crippen molar-refractivity contribution in [3.8, 4) is 5.75 Å². The lowest BCUT2D eigenvalue weighted by molar-refractivity contribution is 0.174. The second kappa shape index (κ2) is 7.81. The highest BCUT2D eigenvalue weighted by Gasteiger charge is 2.17. The van der Waals surface area contributed by atoms with Crippen molar-refractivity contribution in [1.82, 2.24) is 10.2 Å². The summed E-state index contributed by atoms with van der Waals surface area (Å²) in [4.78, 5) is 0. The predicted octanol–water partition coefficient (Wildman–Crippen LogP) is 5.40. The fraction of sp³-hybridized carbons (Fsp3) is 0.176. The standard InChI is InChI=1S/C17H14BrFN2O2S/c1-11(22-15-8-3-2-7-14(15)19)16-20-21-17(23-16)24-10-12-5-4-6-13(18)9-12/h2-9,11H,10H2,1H3. The van der Waals surface area contributed by atoms with Gasteiger partial charge in [-0.3, -0.25) is 0 Å². The molecule has 0 aliphatic rings. The van der Waals surface area contributed by atoms with Crippen LogP contribution in [-0.2, 0) is 5.75 Å². The monoisotopic (exact) mass is 408 g/mol. The van der Waals surface area contributed by atoms with Crippen molar-refractivity contribution in [3.63, 3.8) is 0 Å². The highest BCUT2D eigenvalue weighted by Crippen LogP contribution is 2.27. The summed E-state index contributed by atoms with van der Waals surface area (Å²) in [5.41, 5.74) is 1.14. The topological polar surface area (TPSA) is 48.2 Å². The molecule has 1 heterocycles. The quantitative estimate of drug-likeness (QED) is 0.510. The smallest absolute Gasteiger partial charge is 0.277 e. The minimum absolute atomic E-state index is 0.159. The molecule has 0 bridgehead atoms. The van der Waals surface area contributed by atoms with Gasteiger partial charge in [-0.2, -0.15) is 0 Å². The van der Waals surface area contributed by atoms with E-state index in [1.165, 1.54) is 17.8 Å². The number of thioether (sulfide) groups is 1. The zero-order chi connectivity index (χ0) is 16.9. The lowest BCUT2D eigenvalue weighted by atomic mass is 10.2. The molecular formula is C17H14BrFN2O2S. The fourth-order valence-corrected chi connectivity index (χ4v) is 3.16. The van der Waals surface area contributed by atoms with Gasteiger partial charge >= 0.3 is 0 Å². The third-order valence-electron chi connectivity index (χ3n) is 3.16. The Morgan fingerprint density at radius 1 is 1.21 bits per heavy atom. The Hall–Kier alpha value is -1.86. The highest BCUT2D eigenvalue weighted by molar-refractivity contribution is 9.10. The lowest BCUT2D eigenvalue weighted by Gasteiger charge is -2.11. The first-order chi connectivity index (χ1) is 11.6. The molecule has 0 saturated heterocycles. The Balaban J connectivity index is 1.61. The summed E-state index contributed by atoms with van der Waals surface area (Å²) < 4.78 is 25.8. The molecule has 1 aromatic heterocycles. The Morgan fingerprint density at radius 2 is 2.04 bits per heavy atom. The first-order valence-electron chi connectivity index (χ1n) is 7.23. The van der Waals surface area contributed by atoms with Crippen molar-refractivity contribution in [1.29, 1.82) is 0 Å². The Kier molecular flexibility index (Phi) is 5.52. The number of benzene rings is 2. The molecule has 0 saturated carbocycles. The summed E-state index contributed by atoms with van der Waals surface area (Å²) in [6, 6.07) is 14.2. The third-order valence-corrected chi connectivity index (χ3v) is 4.54. The van der Waals surface area contributed by atoms with Gasteiger partial charge in [0.1, 0.15) is 0 Å². The molecule has 0 amide bonds. The van der Waals surface area contributed by atoms with Crippen molar-refractivity contribution < 1.29 is 13.5 Å². The van der Waals surface area contributed by atoms with Crippen molar-refractivity contribution in [2.24, 2.45) is 0 Å². The van der Waals surface area contributed by atoms with Crippen molar-refractivity contribution in [2.75, 3.05) is 0 Å². The summed E-state index contributed by atoms with van der Waals surface area (Å²) in [5, 5.41) is 8.43. The average Bonchev–Trinajstić information content (AvgIpc) is 3.04. The van der Waals surface area contributed by atoms with Crippen molar-refractivity contribution in [3.05, 3.63) is 70.3 Å². The first-order valence-corrected chi connectivity index (χ1v) is 9.01. The van der Waals surface area contributed by atoms with Gasteiger partial charge in [0.25, 0.3) is 11.1 Å². The van der Waals surface area contributed by atoms with Crippen LogP contribution in [0.15, 0.2) is 62.6 Å². The molecule has 1 unspecified atom stereocenters. The maximum atomic E-state index is 13.6. The Morgan fingerprint density at radius 3 is 2.83 bits per heavy atom. The summed E-state index contributed by atoms with van der Waals surface area (Å²) >= 11 is 4.88. The molecule has 24 heavy (non-hydrogen) atoms. The molecule has 4 nitrogen and oxygen atoms in total. The molecule has 3 rings (SSSR count). The van der Waals surface area contributed by atoms with E-state index in [2.05, 4.69) is 26.1 Å². The summed E-state index contributed by atoms with van der Waals surface area (Å²) in [6.45, 7) is 1.74. The van der Waals surface area contributed by atoms with Crippen LogP contribution in [0, 0.1) is 5.82 Å². The normalized spacial score (nSPS) is 12.1. The lowest BCUT2D eigenvalue weighted by Crippen LogP contribution is -2.04. The summed E-state index contributed by atoms with van der Waals surface area (Å²) in [6.07, 6.45) is -0.533. The number of ether oxygens (including phenoxy) is 1. The van der Waals surface area contributed by atoms with Crippen LogP contribution in [0.25, 0.3) is 0 Å². The van der Waals surface area contributed by atoms with Gasteiger partial charge < -0.3 is 9.15 Å². The third kappa shape index (κ3) is 4.36. The number of nitrogens with zero attached hydrogens (tertiary/aromatic N) is 2. The van der Waals surface area contributed by atoms with Gasteiger partial charge in [-0.25, -0.2) is 4.39 Å². The van der Waals surface area contributed by atoms with E-state index in [1.807, 2.05) is 24.3 Å². The van der Waals surface area contributed by atoms with Crippen molar-refractivity contribution in [2.45, 2.75) is 24.0 Å². The SMILES string of the molecule is CC(Oc1ccccc1F)c1nnc(SCc2cccc(Br)c2)o1. The molecular weight excluding hydrogens is 395 g/mol. The summed E-state index contributed by atoms with van der Waals surface area (Å²) in [5.74, 6) is 0.763. The van der Waals surface area contributed by atoms with E-state index in [-0.39, 0.29) is 5.75 Å². The van der Waals surface area contributed by atoms with Crippen LogP contribution >= 0.6 is 27.7 Å². The molecule has 2 aromatic carbocycles. The highest BCUT2D eigenvalue weighted by atomic mass is 79.9. The summed E-state index contributed by atoms with van der Waals surface area (Å²) in [7, 11) is 0. The molecule has 0 radical (unpaired) electrons. The minimum atomic E-state index is -0.533. The minimum Gasteiger partial charge on any atom is -0.478 e. The number of aromatic nitrogens is 2. The van der Waals surface area contributed by atoms with E-state index in [0.717, 1.165) is 10.0 Å². The van der Waals surface area contributed by atoms with Gasteiger partial charge in [-0.05, 0) is 36.8 Å². The molecule has 0 spiro atoms. The van der Waals surface area contributed by atoms with E-state index in [0.29, 0.717) is 16.9 Å². The number of halogens is 2. The number of hydrogen-bond acceptors (Lipinski definition) is 5. The van der Waals surface area contributed by atoms with Gasteiger partial charge in [-0.15, -0.1) is 10.2 Å². The molecule has 3 aromatic rings. The van der Waals surface area contributed by atoms with Crippen LogP contribution in [-0.4, -0.2) is 10.2 Å². The number of para-hydroxylation sites is 1. The molecule has 7 heteroatoms. The maximum Gasteiger partial charge on any atom is 0.277 e. The van der Waals surface area contributed by atoms with Gasteiger partial charge in [0.05, 0.1) is 0 Å². The van der Waals surface area contributed by atoms with Crippen LogP contribution in [0.1, 0.15) is 24.5 Å². The largest absolute Gasteiger partial charge is 0.478 e. The van der Waals surface area contributed by atoms with E-state index < -0.39 is 11.9 Å². The van der Waals surface area contributed by atoms with E-state index in [1.54, 1.807) is 25.1 Å². The van der Waals surface area contributed by atoms with Crippen LogP contribution in [0.5, 0.6) is 5.75 Å². The van der Waals surface area contributed by atoms with Gasteiger partial charge in [0.15, 0.2) is 17.7 Å². The second-order valence-electron chi connectivity index (χ2n) is 5.02. The number of rotatable bonds is 6. The van der Waals surface area contributed by atoms with Crippen molar-refractivity contribution >= 4 is 27.7 Å². The Labute approximate surface area is 151 Å². The zero-order valence-corrected chi connectivity index (χ0v) is 15.2. The molecule has 0 aliphatic carbocycles. The molecule has 124 valence electrons. The van der Waals surface area contributed by atoms with Crippen LogP contribution in [0.4, 0.5) is 4.39 Å². The Bertz CT molecular complexity index is 828. The molecule has 0 N–H and O–H groups in total. The number of hydrogen-bond donors (Lipinski definition) is 0. The predicted molar refractivity (Wildman–Crippen MR) is 93.4 cm³/mol. The first kappa shape index (κ1) is 17.0. The van der Waals surface area contributed by atoms with Gasteiger partial charge in [-0.1, -0.05) is 52.0 Å². The van der Waals surface area contributed by atoms with E-state index >= 15 is 0 Å².